The van der Waals surface area contributed by atoms with Crippen LogP contribution in [-0.2, 0) is 11.3 Å². The van der Waals surface area contributed by atoms with E-state index in [4.69, 9.17) is 4.74 Å². The lowest BCUT2D eigenvalue weighted by molar-refractivity contribution is 0.0600. The van der Waals surface area contributed by atoms with Crippen molar-refractivity contribution in [2.45, 2.75) is 19.6 Å². The number of carbonyl (C=O) groups excluding carboxylic acids is 1. The van der Waals surface area contributed by atoms with Gasteiger partial charge in [0.2, 0.25) is 0 Å². The molecule has 0 saturated carbocycles. The first kappa shape index (κ1) is 11.0. The first-order valence-corrected chi connectivity index (χ1v) is 5.29. The highest BCUT2D eigenvalue weighted by Crippen LogP contribution is 2.23. The van der Waals surface area contributed by atoms with Gasteiger partial charge in [0.25, 0.3) is 0 Å². The average molecular weight is 221 g/mol. The molecule has 0 saturated heterocycles. The Morgan fingerprint density at radius 3 is 3.12 bits per heavy atom. The number of esters is 1. The van der Waals surface area contributed by atoms with Crippen molar-refractivity contribution in [2.24, 2.45) is 0 Å². The summed E-state index contributed by atoms with van der Waals surface area (Å²) in [5.41, 5.74) is 1.59. The van der Waals surface area contributed by atoms with Gasteiger partial charge in [-0.2, -0.15) is 0 Å². The maximum absolute atomic E-state index is 11.4. The zero-order chi connectivity index (χ0) is 11.5. The minimum atomic E-state index is -0.337. The van der Waals surface area contributed by atoms with E-state index in [1.54, 1.807) is 12.1 Å². The molecule has 1 unspecified atom stereocenters. The summed E-state index contributed by atoms with van der Waals surface area (Å²) in [4.78, 5) is 11.4. The minimum Gasteiger partial charge on any atom is -0.489 e. The highest BCUT2D eigenvalue weighted by molar-refractivity contribution is 5.89. The first-order chi connectivity index (χ1) is 7.70. The van der Waals surface area contributed by atoms with Crippen LogP contribution in [0.3, 0.4) is 0 Å². The van der Waals surface area contributed by atoms with Gasteiger partial charge in [0.1, 0.15) is 11.9 Å². The lowest BCUT2D eigenvalue weighted by Gasteiger charge is -2.12. The van der Waals surface area contributed by atoms with E-state index in [0.717, 1.165) is 24.4 Å². The molecule has 4 heteroatoms. The maximum Gasteiger partial charge on any atom is 0.337 e. The summed E-state index contributed by atoms with van der Waals surface area (Å²) in [6.45, 7) is 3.57. The van der Waals surface area contributed by atoms with Crippen molar-refractivity contribution in [1.82, 2.24) is 5.32 Å². The van der Waals surface area contributed by atoms with Crippen LogP contribution in [0.1, 0.15) is 22.8 Å². The van der Waals surface area contributed by atoms with Gasteiger partial charge >= 0.3 is 5.97 Å². The smallest absolute Gasteiger partial charge is 0.337 e. The number of fused-ring (bicyclic) bond motifs is 1. The molecule has 0 amide bonds. The molecule has 1 heterocycles. The Labute approximate surface area is 94.6 Å². The molecule has 1 aliphatic rings. The third-order valence-corrected chi connectivity index (χ3v) is 2.56. The molecule has 0 fully saturated rings. The fourth-order valence-corrected chi connectivity index (χ4v) is 1.72. The number of methoxy groups -OCH3 is 1. The summed E-state index contributed by atoms with van der Waals surface area (Å²) in [6, 6.07) is 5.39. The Morgan fingerprint density at radius 1 is 1.56 bits per heavy atom. The number of ether oxygens (including phenoxy) is 2. The number of carbonyl (C=O) groups is 1. The molecule has 0 aliphatic carbocycles. The molecule has 0 aromatic heterocycles. The van der Waals surface area contributed by atoms with E-state index in [1.165, 1.54) is 7.11 Å². The van der Waals surface area contributed by atoms with Crippen molar-refractivity contribution in [3.63, 3.8) is 0 Å². The molecule has 0 spiro atoms. The third-order valence-electron chi connectivity index (χ3n) is 2.56. The quantitative estimate of drug-likeness (QED) is 0.727. The van der Waals surface area contributed by atoms with Crippen LogP contribution >= 0.6 is 0 Å². The Hall–Kier alpha value is -1.55. The molecule has 4 nitrogen and oxygen atoms in total. The monoisotopic (exact) mass is 221 g/mol. The van der Waals surface area contributed by atoms with E-state index in [2.05, 4.69) is 10.1 Å². The second kappa shape index (κ2) is 4.53. The van der Waals surface area contributed by atoms with Gasteiger partial charge in [0.05, 0.1) is 12.7 Å². The number of hydrogen-bond donors (Lipinski definition) is 1. The normalized spacial score (nSPS) is 19.2. The summed E-state index contributed by atoms with van der Waals surface area (Å²) in [6.07, 6.45) is 0.106. The summed E-state index contributed by atoms with van der Waals surface area (Å²) < 4.78 is 10.4. The zero-order valence-electron chi connectivity index (χ0n) is 9.45. The third kappa shape index (κ3) is 2.17. The molecule has 1 aromatic rings. The van der Waals surface area contributed by atoms with E-state index < -0.39 is 0 Å². The van der Waals surface area contributed by atoms with Crippen molar-refractivity contribution in [3.05, 3.63) is 29.3 Å². The summed E-state index contributed by atoms with van der Waals surface area (Å²) >= 11 is 0. The number of nitrogens with one attached hydrogen (secondary N) is 1. The van der Waals surface area contributed by atoms with E-state index in [-0.39, 0.29) is 12.1 Å². The maximum atomic E-state index is 11.4. The Morgan fingerprint density at radius 2 is 2.38 bits per heavy atom. The van der Waals surface area contributed by atoms with Crippen LogP contribution in [0.25, 0.3) is 0 Å². The molecule has 1 N–H and O–H groups in total. The van der Waals surface area contributed by atoms with Gasteiger partial charge < -0.3 is 14.8 Å². The minimum absolute atomic E-state index is 0.106. The van der Waals surface area contributed by atoms with Gasteiger partial charge in [-0.3, -0.25) is 0 Å². The van der Waals surface area contributed by atoms with Crippen LogP contribution in [0.15, 0.2) is 18.2 Å². The van der Waals surface area contributed by atoms with E-state index in [0.29, 0.717) is 5.56 Å². The molecule has 86 valence electrons. The highest BCUT2D eigenvalue weighted by Gasteiger charge is 2.16. The van der Waals surface area contributed by atoms with Crippen LogP contribution < -0.4 is 10.1 Å². The molecule has 1 atom stereocenters. The molecule has 1 aromatic carbocycles. The lowest BCUT2D eigenvalue weighted by Crippen LogP contribution is -2.24. The fraction of sp³-hybridized carbons (Fsp3) is 0.417. The van der Waals surface area contributed by atoms with Gasteiger partial charge in [-0.1, -0.05) is 6.07 Å². The van der Waals surface area contributed by atoms with Crippen LogP contribution in [0.4, 0.5) is 0 Å². The van der Waals surface area contributed by atoms with Gasteiger partial charge in [0, 0.05) is 18.7 Å². The largest absolute Gasteiger partial charge is 0.489 e. The van der Waals surface area contributed by atoms with E-state index >= 15 is 0 Å². The van der Waals surface area contributed by atoms with Gasteiger partial charge in [-0.15, -0.1) is 0 Å². The zero-order valence-corrected chi connectivity index (χ0v) is 9.45. The van der Waals surface area contributed by atoms with Crippen molar-refractivity contribution in [1.29, 1.82) is 0 Å². The molecule has 1 aliphatic heterocycles. The Bertz CT molecular complexity index is 403. The fourth-order valence-electron chi connectivity index (χ4n) is 1.72. The standard InChI is InChI=1S/C12H15NO3/c1-8-6-13-7-10-4-3-9(12(14)15-2)5-11(10)16-8/h3-5,8,13H,6-7H2,1-2H3. The topological polar surface area (TPSA) is 47.6 Å². The summed E-state index contributed by atoms with van der Waals surface area (Å²) in [5.74, 6) is 0.427. The van der Waals surface area contributed by atoms with Gasteiger partial charge in [-0.05, 0) is 19.1 Å². The number of benzene rings is 1. The predicted octanol–water partition coefficient (Wildman–Crippen LogP) is 1.34. The average Bonchev–Trinajstić information content (AvgIpc) is 2.47. The molecular formula is C12H15NO3. The second-order valence-corrected chi connectivity index (χ2v) is 3.87. The predicted molar refractivity (Wildman–Crippen MR) is 59.6 cm³/mol. The summed E-state index contributed by atoms with van der Waals surface area (Å²) in [5, 5.41) is 3.27. The van der Waals surface area contributed by atoms with Crippen molar-refractivity contribution in [3.8, 4) is 5.75 Å². The number of rotatable bonds is 1. The molecule has 2 rings (SSSR count). The molecule has 0 bridgehead atoms. The van der Waals surface area contributed by atoms with Gasteiger partial charge in [-0.25, -0.2) is 4.79 Å². The van der Waals surface area contributed by atoms with Crippen LogP contribution in [-0.4, -0.2) is 25.7 Å². The van der Waals surface area contributed by atoms with E-state index in [9.17, 15) is 4.79 Å². The van der Waals surface area contributed by atoms with Gasteiger partial charge in [0.15, 0.2) is 0 Å². The molecule has 0 radical (unpaired) electrons. The SMILES string of the molecule is COC(=O)c1ccc2c(c1)OC(C)CNC2. The first-order valence-electron chi connectivity index (χ1n) is 5.29. The second-order valence-electron chi connectivity index (χ2n) is 3.87. The molecular weight excluding hydrogens is 206 g/mol. The van der Waals surface area contributed by atoms with Crippen molar-refractivity contribution in [2.75, 3.05) is 13.7 Å². The molecule has 16 heavy (non-hydrogen) atoms. The van der Waals surface area contributed by atoms with E-state index in [1.807, 2.05) is 13.0 Å². The highest BCUT2D eigenvalue weighted by atomic mass is 16.5. The number of hydrogen-bond acceptors (Lipinski definition) is 4. The summed E-state index contributed by atoms with van der Waals surface area (Å²) in [7, 11) is 1.37. The Balaban J connectivity index is 2.33. The van der Waals surface area contributed by atoms with Crippen LogP contribution in [0.2, 0.25) is 0 Å². The van der Waals surface area contributed by atoms with Crippen molar-refractivity contribution < 1.29 is 14.3 Å². The lowest BCUT2D eigenvalue weighted by atomic mass is 10.1. The van der Waals surface area contributed by atoms with Crippen molar-refractivity contribution >= 4 is 5.97 Å². The van der Waals surface area contributed by atoms with Crippen LogP contribution in [0, 0.1) is 0 Å². The van der Waals surface area contributed by atoms with Crippen LogP contribution in [0.5, 0.6) is 5.75 Å². The Kier molecular flexibility index (Phi) is 3.10.